The van der Waals surface area contributed by atoms with E-state index >= 15 is 0 Å². The molecule has 0 aromatic carbocycles. The first-order valence-corrected chi connectivity index (χ1v) is 6.54. The lowest BCUT2D eigenvalue weighted by atomic mass is 10.0. The molecule has 1 heterocycles. The van der Waals surface area contributed by atoms with Gasteiger partial charge in [-0.15, -0.1) is 0 Å². The first kappa shape index (κ1) is 12.6. The van der Waals surface area contributed by atoms with Crippen LogP contribution in [0.5, 0.6) is 0 Å². The van der Waals surface area contributed by atoms with Crippen LogP contribution >= 0.6 is 0 Å². The molecular weight excluding hydrogens is 214 g/mol. The molecule has 4 heteroatoms. The van der Waals surface area contributed by atoms with Crippen molar-refractivity contribution >= 4 is 0 Å². The second kappa shape index (κ2) is 5.19. The Balaban J connectivity index is 1.90. The number of hydrogen-bond acceptors (Lipinski definition) is 3. The molecule has 1 aromatic rings. The fraction of sp³-hybridized carbons (Fsp3) is 0.769. The topological polar surface area (TPSA) is 41.3 Å². The molecule has 2 rings (SSSR count). The molecular formula is C13H23N3O. The molecule has 1 saturated carbocycles. The van der Waals surface area contributed by atoms with Crippen molar-refractivity contribution in [3.05, 3.63) is 18.2 Å². The van der Waals surface area contributed by atoms with Gasteiger partial charge in [0.1, 0.15) is 5.82 Å². The van der Waals surface area contributed by atoms with Crippen molar-refractivity contribution in [3.63, 3.8) is 0 Å². The van der Waals surface area contributed by atoms with Gasteiger partial charge >= 0.3 is 0 Å². The molecule has 0 bridgehead atoms. The van der Waals surface area contributed by atoms with Crippen LogP contribution in [0, 0.1) is 0 Å². The number of hydrogen-bond donors (Lipinski definition) is 1. The van der Waals surface area contributed by atoms with Crippen LogP contribution in [0.3, 0.4) is 0 Å². The molecule has 0 saturated heterocycles. The van der Waals surface area contributed by atoms with E-state index in [2.05, 4.69) is 28.4 Å². The maximum atomic E-state index is 10.3. The summed E-state index contributed by atoms with van der Waals surface area (Å²) in [5.41, 5.74) is -0.460. The van der Waals surface area contributed by atoms with Gasteiger partial charge in [0.2, 0.25) is 0 Å². The standard InChI is InChI=1S/C13H23N3O/c1-3-16-9-8-14-12(16)10-15(2)11-13(17)6-4-5-7-13/h8-9,17H,3-7,10-11H2,1-2H3. The molecule has 1 aliphatic carbocycles. The van der Waals surface area contributed by atoms with Gasteiger partial charge in [0, 0.05) is 25.5 Å². The van der Waals surface area contributed by atoms with Gasteiger partial charge in [-0.05, 0) is 26.8 Å². The number of imidazole rings is 1. The van der Waals surface area contributed by atoms with Gasteiger partial charge in [-0.2, -0.15) is 0 Å². The van der Waals surface area contributed by atoms with Crippen molar-refractivity contribution in [1.29, 1.82) is 0 Å². The van der Waals surface area contributed by atoms with Crippen molar-refractivity contribution in [2.75, 3.05) is 13.6 Å². The Labute approximate surface area is 103 Å². The minimum Gasteiger partial charge on any atom is -0.389 e. The fourth-order valence-electron chi connectivity index (χ4n) is 2.77. The summed E-state index contributed by atoms with van der Waals surface area (Å²) >= 11 is 0. The second-order valence-corrected chi connectivity index (χ2v) is 5.23. The predicted octanol–water partition coefficient (Wildman–Crippen LogP) is 1.64. The van der Waals surface area contributed by atoms with Gasteiger partial charge in [-0.1, -0.05) is 12.8 Å². The molecule has 0 radical (unpaired) electrons. The van der Waals surface area contributed by atoms with Crippen LogP contribution in [0.2, 0.25) is 0 Å². The van der Waals surface area contributed by atoms with E-state index < -0.39 is 5.60 Å². The molecule has 0 atom stereocenters. The summed E-state index contributed by atoms with van der Waals surface area (Å²) in [7, 11) is 2.06. The minimum atomic E-state index is -0.460. The van der Waals surface area contributed by atoms with Crippen LogP contribution in [-0.2, 0) is 13.1 Å². The van der Waals surface area contributed by atoms with Crippen LogP contribution in [0.4, 0.5) is 0 Å². The van der Waals surface area contributed by atoms with Crippen molar-refractivity contribution < 1.29 is 5.11 Å². The van der Waals surface area contributed by atoms with E-state index in [1.165, 1.54) is 0 Å². The Morgan fingerprint density at radius 1 is 1.47 bits per heavy atom. The van der Waals surface area contributed by atoms with Crippen LogP contribution in [0.1, 0.15) is 38.4 Å². The highest BCUT2D eigenvalue weighted by Gasteiger charge is 2.32. The highest BCUT2D eigenvalue weighted by atomic mass is 16.3. The molecule has 0 unspecified atom stereocenters. The lowest BCUT2D eigenvalue weighted by Gasteiger charge is -2.28. The first-order chi connectivity index (χ1) is 8.13. The maximum Gasteiger partial charge on any atom is 0.122 e. The molecule has 17 heavy (non-hydrogen) atoms. The summed E-state index contributed by atoms with van der Waals surface area (Å²) in [5, 5.41) is 10.3. The summed E-state index contributed by atoms with van der Waals surface area (Å²) in [6.07, 6.45) is 8.06. The molecule has 1 aliphatic rings. The minimum absolute atomic E-state index is 0.460. The summed E-state index contributed by atoms with van der Waals surface area (Å²) in [6, 6.07) is 0. The van der Waals surface area contributed by atoms with Gasteiger partial charge in [0.15, 0.2) is 0 Å². The van der Waals surface area contributed by atoms with Crippen molar-refractivity contribution in [2.45, 2.75) is 51.3 Å². The third-order valence-electron chi connectivity index (χ3n) is 3.65. The molecule has 0 aliphatic heterocycles. The van der Waals surface area contributed by atoms with Gasteiger partial charge in [-0.3, -0.25) is 4.90 Å². The van der Waals surface area contributed by atoms with Crippen LogP contribution < -0.4 is 0 Å². The van der Waals surface area contributed by atoms with Crippen molar-refractivity contribution in [2.24, 2.45) is 0 Å². The quantitative estimate of drug-likeness (QED) is 0.846. The van der Waals surface area contributed by atoms with E-state index in [1.807, 2.05) is 12.4 Å². The second-order valence-electron chi connectivity index (χ2n) is 5.23. The Morgan fingerprint density at radius 2 is 2.18 bits per heavy atom. The molecule has 1 aromatic heterocycles. The fourth-order valence-corrected chi connectivity index (χ4v) is 2.77. The smallest absolute Gasteiger partial charge is 0.122 e. The zero-order chi connectivity index (χ0) is 12.3. The highest BCUT2D eigenvalue weighted by molar-refractivity contribution is 4.93. The number of rotatable bonds is 5. The van der Waals surface area contributed by atoms with Crippen molar-refractivity contribution in [1.82, 2.24) is 14.5 Å². The van der Waals surface area contributed by atoms with Gasteiger partial charge in [0.25, 0.3) is 0 Å². The van der Waals surface area contributed by atoms with E-state index in [9.17, 15) is 5.11 Å². The SMILES string of the molecule is CCn1ccnc1CN(C)CC1(O)CCCC1. The zero-order valence-corrected chi connectivity index (χ0v) is 10.9. The van der Waals surface area contributed by atoms with Gasteiger partial charge in [0.05, 0.1) is 12.1 Å². The average molecular weight is 237 g/mol. The summed E-state index contributed by atoms with van der Waals surface area (Å²) in [4.78, 5) is 6.54. The number of aliphatic hydroxyl groups is 1. The Bertz CT molecular complexity index is 355. The summed E-state index contributed by atoms with van der Waals surface area (Å²) in [5.74, 6) is 1.08. The number of aromatic nitrogens is 2. The molecule has 4 nitrogen and oxygen atoms in total. The summed E-state index contributed by atoms with van der Waals surface area (Å²) < 4.78 is 2.15. The third kappa shape index (κ3) is 3.07. The van der Waals surface area contributed by atoms with E-state index in [0.29, 0.717) is 0 Å². The Kier molecular flexibility index (Phi) is 3.84. The van der Waals surface area contributed by atoms with E-state index in [0.717, 1.165) is 51.1 Å². The van der Waals surface area contributed by atoms with E-state index in [4.69, 9.17) is 0 Å². The summed E-state index contributed by atoms with van der Waals surface area (Å²) in [6.45, 7) is 4.63. The number of aryl methyl sites for hydroxylation is 1. The van der Waals surface area contributed by atoms with Crippen LogP contribution in [0.15, 0.2) is 12.4 Å². The Morgan fingerprint density at radius 3 is 2.82 bits per heavy atom. The monoisotopic (exact) mass is 237 g/mol. The number of nitrogens with zero attached hydrogens (tertiary/aromatic N) is 3. The van der Waals surface area contributed by atoms with E-state index in [-0.39, 0.29) is 0 Å². The van der Waals surface area contributed by atoms with Crippen LogP contribution in [0.25, 0.3) is 0 Å². The molecule has 0 amide bonds. The van der Waals surface area contributed by atoms with Crippen LogP contribution in [-0.4, -0.2) is 38.8 Å². The molecule has 1 N–H and O–H groups in total. The largest absolute Gasteiger partial charge is 0.389 e. The highest BCUT2D eigenvalue weighted by Crippen LogP contribution is 2.30. The van der Waals surface area contributed by atoms with Crippen molar-refractivity contribution in [3.8, 4) is 0 Å². The van der Waals surface area contributed by atoms with Gasteiger partial charge < -0.3 is 9.67 Å². The Hall–Kier alpha value is -0.870. The molecule has 0 spiro atoms. The number of likely N-dealkylation sites (N-methyl/N-ethyl adjacent to an activating group) is 1. The first-order valence-electron chi connectivity index (χ1n) is 6.54. The van der Waals surface area contributed by atoms with E-state index in [1.54, 1.807) is 0 Å². The lowest BCUT2D eigenvalue weighted by Crippen LogP contribution is -2.39. The normalized spacial score (nSPS) is 19.1. The predicted molar refractivity (Wildman–Crippen MR) is 67.7 cm³/mol. The maximum absolute atomic E-state index is 10.3. The lowest BCUT2D eigenvalue weighted by molar-refractivity contribution is 0.0137. The molecule has 1 fully saturated rings. The van der Waals surface area contributed by atoms with Gasteiger partial charge in [-0.25, -0.2) is 4.98 Å². The average Bonchev–Trinajstić information content (AvgIpc) is 2.87. The zero-order valence-electron chi connectivity index (χ0n) is 10.9. The third-order valence-corrected chi connectivity index (χ3v) is 3.65. The molecule has 96 valence electrons.